The van der Waals surface area contributed by atoms with Crippen LogP contribution in [-0.4, -0.2) is 80.7 Å². The van der Waals surface area contributed by atoms with Crippen LogP contribution in [0.25, 0.3) is 21.4 Å². The lowest BCUT2D eigenvalue weighted by Crippen LogP contribution is -2.47. The normalized spacial score (nSPS) is 13.7. The van der Waals surface area contributed by atoms with Crippen molar-refractivity contribution >= 4 is 39.4 Å². The first-order chi connectivity index (χ1) is 17.5. The number of aromatic nitrogens is 3. The highest BCUT2D eigenvalue weighted by Gasteiger charge is 2.20. The van der Waals surface area contributed by atoms with Crippen LogP contribution < -0.4 is 9.64 Å². The second-order valence-electron chi connectivity index (χ2n) is 7.89. The standard InChI is InChI=1S/C22H23N5O2S.C2H2O4/c1-2-5-20-18(4-1)22(25-30-20)27-11-9-26(10-12-27)8-3-13-28-21-7-6-17(14-24-21)19-15-23-16-29-19;3-1(4)2(5)6/h1-2,4-7,14-16H,3,8-13H2;(H,3,4)(H,5,6). The summed E-state index contributed by atoms with van der Waals surface area (Å²) in [4.78, 5) is 31.4. The molecule has 0 unspecified atom stereocenters. The summed E-state index contributed by atoms with van der Waals surface area (Å²) in [6.07, 6.45) is 5.81. The van der Waals surface area contributed by atoms with Crippen LogP contribution >= 0.6 is 11.5 Å². The summed E-state index contributed by atoms with van der Waals surface area (Å²) in [7, 11) is 0. The Kier molecular flexibility index (Phi) is 8.42. The Balaban J connectivity index is 0.000000455. The molecule has 4 aromatic rings. The summed E-state index contributed by atoms with van der Waals surface area (Å²) in [6, 6.07) is 12.3. The summed E-state index contributed by atoms with van der Waals surface area (Å²) in [6.45, 7) is 5.82. The van der Waals surface area contributed by atoms with Crippen LogP contribution in [0.2, 0.25) is 0 Å². The number of piperazine rings is 1. The fourth-order valence-electron chi connectivity index (χ4n) is 3.72. The Bertz CT molecular complexity index is 1260. The van der Waals surface area contributed by atoms with Crippen molar-refractivity contribution in [2.75, 3.05) is 44.2 Å². The lowest BCUT2D eigenvalue weighted by molar-refractivity contribution is -0.159. The van der Waals surface area contributed by atoms with E-state index in [4.69, 9.17) is 29.0 Å². The molecule has 0 spiro atoms. The van der Waals surface area contributed by atoms with Crippen molar-refractivity contribution in [1.82, 2.24) is 19.2 Å². The maximum atomic E-state index is 9.10. The molecule has 0 saturated carbocycles. The van der Waals surface area contributed by atoms with Gasteiger partial charge in [-0.2, -0.15) is 4.37 Å². The number of fused-ring (bicyclic) bond motifs is 1. The van der Waals surface area contributed by atoms with Gasteiger partial charge in [0.05, 0.1) is 17.5 Å². The second-order valence-corrected chi connectivity index (χ2v) is 8.70. The molecular formula is C24H25N5O6S. The number of anilines is 1. The largest absolute Gasteiger partial charge is 0.478 e. The van der Waals surface area contributed by atoms with Gasteiger partial charge in [-0.05, 0) is 36.2 Å². The number of oxazole rings is 1. The van der Waals surface area contributed by atoms with Gasteiger partial charge in [-0.15, -0.1) is 0 Å². The highest BCUT2D eigenvalue weighted by molar-refractivity contribution is 7.13. The van der Waals surface area contributed by atoms with Gasteiger partial charge in [-0.1, -0.05) is 12.1 Å². The van der Waals surface area contributed by atoms with Gasteiger partial charge in [-0.25, -0.2) is 19.6 Å². The van der Waals surface area contributed by atoms with Crippen molar-refractivity contribution in [1.29, 1.82) is 0 Å². The van der Waals surface area contributed by atoms with E-state index >= 15 is 0 Å². The van der Waals surface area contributed by atoms with Crippen LogP contribution in [0.3, 0.4) is 0 Å². The second kappa shape index (κ2) is 12.1. The highest BCUT2D eigenvalue weighted by Crippen LogP contribution is 2.29. The number of benzene rings is 1. The smallest absolute Gasteiger partial charge is 0.414 e. The van der Waals surface area contributed by atoms with E-state index < -0.39 is 11.9 Å². The zero-order valence-electron chi connectivity index (χ0n) is 19.3. The molecule has 12 heteroatoms. The molecule has 36 heavy (non-hydrogen) atoms. The Labute approximate surface area is 210 Å². The van der Waals surface area contributed by atoms with Crippen LogP contribution in [0, 0.1) is 0 Å². The summed E-state index contributed by atoms with van der Waals surface area (Å²) in [5, 5.41) is 16.1. The van der Waals surface area contributed by atoms with Crippen LogP contribution in [-0.2, 0) is 9.59 Å². The molecule has 1 fully saturated rings. The number of rotatable bonds is 7. The number of carboxylic acid groups (broad SMARTS) is 2. The van der Waals surface area contributed by atoms with E-state index in [-0.39, 0.29) is 0 Å². The first kappa shape index (κ1) is 25.1. The van der Waals surface area contributed by atoms with Crippen LogP contribution in [0.1, 0.15) is 6.42 Å². The maximum absolute atomic E-state index is 9.10. The zero-order chi connectivity index (χ0) is 25.3. The molecule has 2 N–H and O–H groups in total. The van der Waals surface area contributed by atoms with Gasteiger partial charge in [0.15, 0.2) is 12.2 Å². The lowest BCUT2D eigenvalue weighted by atomic mass is 10.2. The van der Waals surface area contributed by atoms with Crippen molar-refractivity contribution in [3.05, 3.63) is 55.2 Å². The van der Waals surface area contributed by atoms with E-state index in [0.29, 0.717) is 18.2 Å². The zero-order valence-corrected chi connectivity index (χ0v) is 20.1. The Morgan fingerprint density at radius 3 is 2.47 bits per heavy atom. The molecule has 0 amide bonds. The molecule has 11 nitrogen and oxygen atoms in total. The lowest BCUT2D eigenvalue weighted by Gasteiger charge is -2.35. The van der Waals surface area contributed by atoms with Crippen molar-refractivity contribution in [3.8, 4) is 17.2 Å². The molecule has 188 valence electrons. The summed E-state index contributed by atoms with van der Waals surface area (Å²) in [5.41, 5.74) is 0.894. The van der Waals surface area contributed by atoms with E-state index in [9.17, 15) is 0 Å². The number of ether oxygens (including phenoxy) is 1. The van der Waals surface area contributed by atoms with Crippen molar-refractivity contribution in [2.45, 2.75) is 6.42 Å². The monoisotopic (exact) mass is 511 g/mol. The molecule has 0 aliphatic carbocycles. The number of aliphatic carboxylic acids is 2. The molecule has 1 aliphatic rings. The van der Waals surface area contributed by atoms with Gasteiger partial charge in [0.25, 0.3) is 0 Å². The minimum Gasteiger partial charge on any atom is -0.478 e. The summed E-state index contributed by atoms with van der Waals surface area (Å²) < 4.78 is 17.0. The minimum atomic E-state index is -1.82. The van der Waals surface area contributed by atoms with Gasteiger partial charge in [0, 0.05) is 55.9 Å². The third kappa shape index (κ3) is 6.55. The third-order valence-electron chi connectivity index (χ3n) is 5.54. The SMILES string of the molecule is O=C(O)C(=O)O.c1ccc2c(N3CCN(CCCOc4ccc(-c5cnco5)cn4)CC3)nsc2c1. The molecule has 0 atom stereocenters. The third-order valence-corrected chi connectivity index (χ3v) is 6.35. The van der Waals surface area contributed by atoms with Gasteiger partial charge >= 0.3 is 11.9 Å². The van der Waals surface area contributed by atoms with Crippen molar-refractivity contribution in [3.63, 3.8) is 0 Å². The first-order valence-corrected chi connectivity index (χ1v) is 12.0. The molecule has 1 aromatic carbocycles. The molecule has 0 bridgehead atoms. The van der Waals surface area contributed by atoms with Crippen LogP contribution in [0.4, 0.5) is 5.82 Å². The fraction of sp³-hybridized carbons (Fsp3) is 0.292. The molecular weight excluding hydrogens is 486 g/mol. The van der Waals surface area contributed by atoms with Crippen LogP contribution in [0.15, 0.2) is 59.6 Å². The molecule has 4 heterocycles. The van der Waals surface area contributed by atoms with E-state index in [1.807, 2.05) is 12.1 Å². The Hall–Kier alpha value is -4.03. The predicted octanol–water partition coefficient (Wildman–Crippen LogP) is 3.09. The number of hydrogen-bond acceptors (Lipinski definition) is 10. The number of carbonyl (C=O) groups is 2. The number of hydrogen-bond donors (Lipinski definition) is 2. The molecule has 1 saturated heterocycles. The van der Waals surface area contributed by atoms with E-state index in [0.717, 1.165) is 50.5 Å². The van der Waals surface area contributed by atoms with Gasteiger partial charge in [0.1, 0.15) is 5.82 Å². The quantitative estimate of drug-likeness (QED) is 0.279. The van der Waals surface area contributed by atoms with Crippen molar-refractivity contribution < 1.29 is 29.0 Å². The van der Waals surface area contributed by atoms with Gasteiger partial charge in [0.2, 0.25) is 5.88 Å². The fourth-order valence-corrected chi connectivity index (χ4v) is 4.51. The Morgan fingerprint density at radius 1 is 1.03 bits per heavy atom. The summed E-state index contributed by atoms with van der Waals surface area (Å²) >= 11 is 1.59. The topological polar surface area (TPSA) is 142 Å². The average Bonchev–Trinajstić information content (AvgIpc) is 3.58. The van der Waals surface area contributed by atoms with Gasteiger partial charge < -0.3 is 24.3 Å². The van der Waals surface area contributed by atoms with E-state index in [2.05, 4.69) is 48.4 Å². The van der Waals surface area contributed by atoms with E-state index in [1.165, 1.54) is 16.5 Å². The Morgan fingerprint density at radius 2 is 1.81 bits per heavy atom. The van der Waals surface area contributed by atoms with Crippen LogP contribution in [0.5, 0.6) is 5.88 Å². The molecule has 3 aromatic heterocycles. The first-order valence-electron chi connectivity index (χ1n) is 11.3. The average molecular weight is 512 g/mol. The van der Waals surface area contributed by atoms with Crippen molar-refractivity contribution in [2.24, 2.45) is 0 Å². The molecule has 0 radical (unpaired) electrons. The highest BCUT2D eigenvalue weighted by atomic mass is 32.1. The predicted molar refractivity (Wildman–Crippen MR) is 133 cm³/mol. The summed E-state index contributed by atoms with van der Waals surface area (Å²) in [5.74, 6) is -1.17. The molecule has 1 aliphatic heterocycles. The van der Waals surface area contributed by atoms with E-state index in [1.54, 1.807) is 23.9 Å². The molecule has 5 rings (SSSR count). The number of nitrogens with zero attached hydrogens (tertiary/aromatic N) is 5. The number of pyridine rings is 1. The number of carboxylic acids is 2. The minimum absolute atomic E-state index is 0.637. The van der Waals surface area contributed by atoms with Gasteiger partial charge in [-0.3, -0.25) is 4.90 Å². The maximum Gasteiger partial charge on any atom is 0.414 e.